The highest BCUT2D eigenvalue weighted by atomic mass is 35.5. The van der Waals surface area contributed by atoms with Gasteiger partial charge in [-0.3, -0.25) is 14.8 Å². The number of carbonyl (C=O) groups excluding carboxylic acids is 1. The lowest BCUT2D eigenvalue weighted by Crippen LogP contribution is -2.56. The van der Waals surface area contributed by atoms with Crippen LogP contribution in [-0.2, 0) is 4.79 Å². The molecule has 1 amide bonds. The van der Waals surface area contributed by atoms with Gasteiger partial charge in [0.05, 0.1) is 34.1 Å². The van der Waals surface area contributed by atoms with E-state index < -0.39 is 17.5 Å². The Bertz CT molecular complexity index is 1580. The smallest absolute Gasteiger partial charge is 0.244 e. The van der Waals surface area contributed by atoms with Crippen molar-refractivity contribution in [2.75, 3.05) is 17.2 Å². The lowest BCUT2D eigenvalue weighted by Gasteiger charge is -2.31. The van der Waals surface area contributed by atoms with Crippen molar-refractivity contribution in [1.82, 2.24) is 21.0 Å². The Labute approximate surface area is 238 Å². The first kappa shape index (κ1) is 28.5. The molecule has 10 nitrogen and oxygen atoms in total. The molecule has 11 heteroatoms. The van der Waals surface area contributed by atoms with Crippen molar-refractivity contribution in [3.8, 4) is 12.1 Å². The fourth-order valence-electron chi connectivity index (χ4n) is 4.19. The topological polar surface area (TPSA) is 155 Å². The van der Waals surface area contributed by atoms with E-state index in [0.29, 0.717) is 50.7 Å². The number of hydrogen-bond acceptors (Lipinski definition) is 9. The summed E-state index contributed by atoms with van der Waals surface area (Å²) in [6.45, 7) is 10.3. The summed E-state index contributed by atoms with van der Waals surface area (Å²) in [6, 6.07) is 14.9. The van der Waals surface area contributed by atoms with Gasteiger partial charge in [0.25, 0.3) is 0 Å². The monoisotopic (exact) mass is 557 g/mol. The van der Waals surface area contributed by atoms with E-state index in [1.807, 2.05) is 24.3 Å². The minimum absolute atomic E-state index is 0.0520. The molecule has 1 atom stereocenters. The first-order valence-electron chi connectivity index (χ1n) is 12.7. The summed E-state index contributed by atoms with van der Waals surface area (Å²) in [4.78, 5) is 16.5. The van der Waals surface area contributed by atoms with Crippen molar-refractivity contribution in [3.05, 3.63) is 76.2 Å². The fraction of sp³-hybridized carbons (Fsp3) is 0.310. The van der Waals surface area contributed by atoms with Gasteiger partial charge >= 0.3 is 0 Å². The molecule has 1 aromatic heterocycles. The van der Waals surface area contributed by atoms with Gasteiger partial charge in [-0.2, -0.15) is 10.5 Å². The van der Waals surface area contributed by atoms with Gasteiger partial charge in [-0.25, -0.2) is 0 Å². The predicted octanol–water partition coefficient (Wildman–Crippen LogP) is 4.67. The molecule has 1 aliphatic rings. The van der Waals surface area contributed by atoms with E-state index in [0.717, 1.165) is 5.56 Å². The Balaban J connectivity index is 1.85. The number of anilines is 2. The molecule has 0 unspecified atom stereocenters. The van der Waals surface area contributed by atoms with Gasteiger partial charge in [-0.1, -0.05) is 50.6 Å². The van der Waals surface area contributed by atoms with Crippen LogP contribution in [0.15, 0.2) is 54.5 Å². The van der Waals surface area contributed by atoms with Gasteiger partial charge in [0.1, 0.15) is 17.7 Å². The van der Waals surface area contributed by atoms with Crippen LogP contribution < -0.4 is 27.3 Å². The standard InChI is InChI=1S/C29H32ClN9O/c1-28(2,3)16-35-25-18(13-32)14-34-24-17(12-31)10-19(11-21(24)25)36-26(20-8-6-7-9-22(20)30)23-15-39(38-37-23)29(4,5)27(33)40/h6-11,14-15,26,36-38H,16H2,1-5H3,(H2,33,40)(H,34,35)/t26-/m0/s1. The molecule has 2 aromatic carbocycles. The predicted molar refractivity (Wildman–Crippen MR) is 156 cm³/mol. The highest BCUT2D eigenvalue weighted by molar-refractivity contribution is 6.31. The van der Waals surface area contributed by atoms with E-state index in [2.05, 4.69) is 59.5 Å². The van der Waals surface area contributed by atoms with Crippen LogP contribution in [0.25, 0.3) is 10.9 Å². The maximum absolute atomic E-state index is 12.1. The zero-order valence-corrected chi connectivity index (χ0v) is 23.8. The van der Waals surface area contributed by atoms with E-state index in [1.165, 1.54) is 6.20 Å². The van der Waals surface area contributed by atoms with Crippen molar-refractivity contribution in [2.24, 2.45) is 11.1 Å². The number of benzene rings is 2. The number of hydrazine groups is 2. The van der Waals surface area contributed by atoms with E-state index >= 15 is 0 Å². The summed E-state index contributed by atoms with van der Waals surface area (Å²) >= 11 is 6.63. The van der Waals surface area contributed by atoms with Crippen LogP contribution in [0.2, 0.25) is 5.02 Å². The second-order valence-electron chi connectivity index (χ2n) is 11.3. The molecule has 0 fully saturated rings. The third kappa shape index (κ3) is 5.74. The third-order valence-corrected chi connectivity index (χ3v) is 6.98. The molecular formula is C29H32ClN9O. The van der Waals surface area contributed by atoms with Crippen molar-refractivity contribution < 1.29 is 4.79 Å². The lowest BCUT2D eigenvalue weighted by molar-refractivity contribution is -0.128. The highest BCUT2D eigenvalue weighted by Crippen LogP contribution is 2.36. The summed E-state index contributed by atoms with van der Waals surface area (Å²) in [5, 5.41) is 29.5. The van der Waals surface area contributed by atoms with Crippen LogP contribution in [0.1, 0.15) is 57.4 Å². The van der Waals surface area contributed by atoms with Crippen LogP contribution in [0.4, 0.5) is 11.4 Å². The van der Waals surface area contributed by atoms with Crippen LogP contribution in [-0.4, -0.2) is 28.0 Å². The summed E-state index contributed by atoms with van der Waals surface area (Å²) in [6.07, 6.45) is 3.24. The Hall–Kier alpha value is -4.51. The minimum atomic E-state index is -1.02. The number of nitrogens with one attached hydrogen (secondary N) is 4. The second-order valence-corrected chi connectivity index (χ2v) is 11.7. The van der Waals surface area contributed by atoms with E-state index in [-0.39, 0.29) is 5.41 Å². The van der Waals surface area contributed by atoms with Crippen molar-refractivity contribution in [1.29, 1.82) is 10.5 Å². The number of nitrogens with two attached hydrogens (primary N) is 1. The molecule has 2 heterocycles. The van der Waals surface area contributed by atoms with E-state index in [4.69, 9.17) is 17.3 Å². The maximum atomic E-state index is 12.1. The van der Waals surface area contributed by atoms with Gasteiger partial charge in [0, 0.05) is 35.0 Å². The molecule has 0 saturated heterocycles. The quantitative estimate of drug-likeness (QED) is 0.265. The van der Waals surface area contributed by atoms with Crippen LogP contribution in [0.5, 0.6) is 0 Å². The first-order valence-corrected chi connectivity index (χ1v) is 13.1. The number of aromatic nitrogens is 1. The molecule has 1 aliphatic heterocycles. The van der Waals surface area contributed by atoms with Gasteiger partial charge in [0.15, 0.2) is 0 Å². The third-order valence-electron chi connectivity index (χ3n) is 6.64. The zero-order valence-electron chi connectivity index (χ0n) is 23.1. The molecular weight excluding hydrogens is 526 g/mol. The number of fused-ring (bicyclic) bond motifs is 1. The maximum Gasteiger partial charge on any atom is 0.244 e. The van der Waals surface area contributed by atoms with Crippen LogP contribution >= 0.6 is 11.6 Å². The molecule has 40 heavy (non-hydrogen) atoms. The number of carbonyl (C=O) groups is 1. The average Bonchev–Trinajstić information content (AvgIpc) is 3.40. The summed E-state index contributed by atoms with van der Waals surface area (Å²) < 4.78 is 0. The van der Waals surface area contributed by atoms with Crippen LogP contribution in [0.3, 0.4) is 0 Å². The Morgan fingerprint density at radius 1 is 1.15 bits per heavy atom. The average molecular weight is 558 g/mol. The Kier molecular flexibility index (Phi) is 7.79. The SMILES string of the molecule is CC(C)(C)CNc1c(C#N)cnc2c(C#N)cc(N[C@H](C3=CN(C(C)(C)C(N)=O)NN3)c3ccccc3Cl)cc12. The number of primary amides is 1. The summed E-state index contributed by atoms with van der Waals surface area (Å²) in [5.74, 6) is -0.508. The van der Waals surface area contributed by atoms with Gasteiger partial charge in [0.2, 0.25) is 5.91 Å². The van der Waals surface area contributed by atoms with Crippen molar-refractivity contribution >= 4 is 39.8 Å². The summed E-state index contributed by atoms with van der Waals surface area (Å²) in [5.41, 5.74) is 14.5. The number of amides is 1. The molecule has 3 aromatic rings. The second kappa shape index (κ2) is 10.9. The first-order chi connectivity index (χ1) is 18.9. The largest absolute Gasteiger partial charge is 0.383 e. The number of hydrogen-bond donors (Lipinski definition) is 5. The molecule has 0 spiro atoms. The van der Waals surface area contributed by atoms with Gasteiger partial charge in [-0.15, -0.1) is 5.53 Å². The zero-order chi connectivity index (χ0) is 29.2. The Morgan fingerprint density at radius 2 is 1.85 bits per heavy atom. The molecule has 4 rings (SSSR count). The van der Waals surface area contributed by atoms with E-state index in [1.54, 1.807) is 37.2 Å². The molecule has 0 radical (unpaired) electrons. The minimum Gasteiger partial charge on any atom is -0.383 e. The number of nitriles is 2. The fourth-order valence-corrected chi connectivity index (χ4v) is 4.44. The lowest BCUT2D eigenvalue weighted by atomic mass is 9.96. The number of halogens is 1. The number of nitrogens with zero attached hydrogens (tertiary/aromatic N) is 4. The molecule has 0 aliphatic carbocycles. The van der Waals surface area contributed by atoms with Gasteiger partial charge < -0.3 is 21.8 Å². The highest BCUT2D eigenvalue weighted by Gasteiger charge is 2.36. The van der Waals surface area contributed by atoms with Gasteiger partial charge in [-0.05, 0) is 43.0 Å². The molecule has 0 bridgehead atoms. The molecule has 0 saturated carbocycles. The van der Waals surface area contributed by atoms with Crippen molar-refractivity contribution in [3.63, 3.8) is 0 Å². The Morgan fingerprint density at radius 3 is 2.48 bits per heavy atom. The number of rotatable bonds is 8. The summed E-state index contributed by atoms with van der Waals surface area (Å²) in [7, 11) is 0. The molecule has 206 valence electrons. The number of pyridine rings is 1. The molecule has 6 N–H and O–H groups in total. The van der Waals surface area contributed by atoms with Crippen molar-refractivity contribution in [2.45, 2.75) is 46.2 Å². The van der Waals surface area contributed by atoms with E-state index in [9.17, 15) is 15.3 Å². The van der Waals surface area contributed by atoms with Crippen LogP contribution in [0, 0.1) is 28.1 Å². The normalized spacial score (nSPS) is 14.1.